The molecule has 1 aliphatic rings. The predicted octanol–water partition coefficient (Wildman–Crippen LogP) is 6.15. The Morgan fingerprint density at radius 3 is 2.61 bits per heavy atom. The average molecular weight is 526 g/mol. The van der Waals surface area contributed by atoms with E-state index in [1.54, 1.807) is 41.4 Å². The van der Waals surface area contributed by atoms with Gasteiger partial charge in [0.05, 0.1) is 24.2 Å². The molecule has 190 valence electrons. The number of hydrogen-bond acceptors (Lipinski definition) is 4. The molecule has 1 heterocycles. The van der Waals surface area contributed by atoms with Crippen LogP contribution in [-0.4, -0.2) is 35.3 Å². The van der Waals surface area contributed by atoms with Crippen LogP contribution in [0.25, 0.3) is 0 Å². The molecule has 0 radical (unpaired) electrons. The lowest BCUT2D eigenvalue weighted by Crippen LogP contribution is -2.32. The van der Waals surface area contributed by atoms with Crippen molar-refractivity contribution in [3.8, 4) is 0 Å². The minimum Gasteiger partial charge on any atom is -0.329 e. The molecule has 1 aliphatic carbocycles. The summed E-state index contributed by atoms with van der Waals surface area (Å²) in [5, 5.41) is 0.566. The molecule has 0 saturated heterocycles. The fourth-order valence-corrected chi connectivity index (χ4v) is 6.63. The summed E-state index contributed by atoms with van der Waals surface area (Å²) in [6, 6.07) is 14.4. The highest BCUT2D eigenvalue weighted by atomic mass is 35.5. The average Bonchev–Trinajstić information content (AvgIpc) is 3.28. The van der Waals surface area contributed by atoms with E-state index in [4.69, 9.17) is 11.6 Å². The van der Waals surface area contributed by atoms with Crippen molar-refractivity contribution in [2.24, 2.45) is 0 Å². The summed E-state index contributed by atoms with van der Waals surface area (Å²) in [6.45, 7) is 6.29. The van der Waals surface area contributed by atoms with Gasteiger partial charge in [0.1, 0.15) is 0 Å². The van der Waals surface area contributed by atoms with Crippen molar-refractivity contribution in [3.05, 3.63) is 94.8 Å². The molecule has 0 bridgehead atoms. The minimum absolute atomic E-state index is 0.0328. The zero-order valence-electron chi connectivity index (χ0n) is 20.6. The van der Waals surface area contributed by atoms with Crippen LogP contribution in [0.4, 0.5) is 0 Å². The summed E-state index contributed by atoms with van der Waals surface area (Å²) < 4.78 is 29.1. The molecule has 8 heteroatoms. The number of rotatable bonds is 9. The number of aromatic nitrogens is 2. The zero-order valence-corrected chi connectivity index (χ0v) is 22.1. The first-order valence-electron chi connectivity index (χ1n) is 12.3. The third-order valence-electron chi connectivity index (χ3n) is 6.56. The van der Waals surface area contributed by atoms with Gasteiger partial charge in [0, 0.05) is 23.2 Å². The van der Waals surface area contributed by atoms with Gasteiger partial charge in [-0.1, -0.05) is 72.8 Å². The van der Waals surface area contributed by atoms with Crippen LogP contribution in [0.5, 0.6) is 0 Å². The van der Waals surface area contributed by atoms with Crippen molar-refractivity contribution in [3.63, 3.8) is 0 Å². The van der Waals surface area contributed by atoms with E-state index in [-0.39, 0.29) is 29.4 Å². The largest absolute Gasteiger partial charge is 0.329 e. The molecule has 3 aromatic rings. The Hall–Kier alpha value is -2.90. The normalized spacial score (nSPS) is 14.5. The van der Waals surface area contributed by atoms with Crippen LogP contribution < -0.4 is 0 Å². The highest BCUT2D eigenvalue weighted by Gasteiger charge is 2.30. The van der Waals surface area contributed by atoms with Crippen LogP contribution in [-0.2, 0) is 22.1 Å². The first kappa shape index (κ1) is 26.2. The van der Waals surface area contributed by atoms with E-state index >= 15 is 0 Å². The minimum atomic E-state index is -3.70. The van der Waals surface area contributed by atoms with Crippen LogP contribution in [0.3, 0.4) is 0 Å². The Labute approximate surface area is 218 Å². The number of benzene rings is 2. The summed E-state index contributed by atoms with van der Waals surface area (Å²) in [5.74, 6) is -0.312. The number of sulfone groups is 1. The summed E-state index contributed by atoms with van der Waals surface area (Å²) in [6.07, 6.45) is 8.27. The second-order valence-electron chi connectivity index (χ2n) is 9.43. The molecule has 0 spiro atoms. The summed E-state index contributed by atoms with van der Waals surface area (Å²) in [7, 11) is -3.70. The molecule has 1 amide bonds. The molecule has 0 N–H and O–H groups in total. The second kappa shape index (κ2) is 11.4. The topological polar surface area (TPSA) is 72.3 Å². The fourth-order valence-electron chi connectivity index (χ4n) is 4.91. The van der Waals surface area contributed by atoms with Crippen molar-refractivity contribution in [2.45, 2.75) is 62.5 Å². The van der Waals surface area contributed by atoms with Crippen molar-refractivity contribution in [1.82, 2.24) is 14.5 Å². The number of nitrogens with zero attached hydrogens (tertiary/aromatic N) is 3. The van der Waals surface area contributed by atoms with Crippen LogP contribution in [0, 0.1) is 6.92 Å². The van der Waals surface area contributed by atoms with Crippen molar-refractivity contribution in [1.29, 1.82) is 0 Å². The SMILES string of the molecule is C=CCN(Cc1cnc(S(=O)(=O)Cc2cccc(C)c2)n1C1CCCCC1)C(=O)c1cccc(Cl)c1. The first-order valence-corrected chi connectivity index (χ1v) is 14.3. The van der Waals surface area contributed by atoms with Gasteiger partial charge in [0.2, 0.25) is 15.0 Å². The third kappa shape index (κ3) is 6.08. The number of hydrogen-bond donors (Lipinski definition) is 0. The Balaban J connectivity index is 1.70. The Morgan fingerprint density at radius 2 is 1.92 bits per heavy atom. The molecular formula is C28H32ClN3O3S. The zero-order chi connectivity index (χ0) is 25.7. The summed E-state index contributed by atoms with van der Waals surface area (Å²) >= 11 is 6.12. The lowest BCUT2D eigenvalue weighted by Gasteiger charge is -2.28. The maximum atomic E-state index is 13.6. The van der Waals surface area contributed by atoms with Gasteiger partial charge in [-0.2, -0.15) is 0 Å². The molecule has 0 atom stereocenters. The monoisotopic (exact) mass is 525 g/mol. The molecule has 1 aromatic heterocycles. The second-order valence-corrected chi connectivity index (χ2v) is 11.7. The van der Waals surface area contributed by atoms with Gasteiger partial charge in [-0.05, 0) is 43.5 Å². The van der Waals surface area contributed by atoms with Gasteiger partial charge < -0.3 is 9.47 Å². The van der Waals surface area contributed by atoms with E-state index in [0.717, 1.165) is 43.2 Å². The molecule has 0 unspecified atom stereocenters. The van der Waals surface area contributed by atoms with Crippen LogP contribution in [0.2, 0.25) is 5.02 Å². The Morgan fingerprint density at radius 1 is 1.17 bits per heavy atom. The lowest BCUT2D eigenvalue weighted by molar-refractivity contribution is 0.0757. The van der Waals surface area contributed by atoms with Crippen molar-refractivity contribution in [2.75, 3.05) is 6.54 Å². The maximum absolute atomic E-state index is 13.6. The van der Waals surface area contributed by atoms with Gasteiger partial charge in [0.15, 0.2) is 0 Å². The van der Waals surface area contributed by atoms with Crippen LogP contribution in [0.15, 0.2) is 72.5 Å². The number of halogens is 1. The van der Waals surface area contributed by atoms with E-state index in [1.165, 1.54) is 0 Å². The lowest BCUT2D eigenvalue weighted by atomic mass is 9.95. The molecule has 4 rings (SSSR count). The van der Waals surface area contributed by atoms with Crippen LogP contribution >= 0.6 is 11.6 Å². The number of aryl methyl sites for hydroxylation is 1. The van der Waals surface area contributed by atoms with Gasteiger partial charge >= 0.3 is 0 Å². The molecule has 1 fully saturated rings. The number of imidazole rings is 1. The van der Waals surface area contributed by atoms with E-state index in [0.29, 0.717) is 22.8 Å². The van der Waals surface area contributed by atoms with Crippen molar-refractivity contribution >= 4 is 27.3 Å². The summed E-state index contributed by atoms with van der Waals surface area (Å²) in [4.78, 5) is 19.4. The quantitative estimate of drug-likeness (QED) is 0.314. The number of carbonyl (C=O) groups excluding carboxylic acids is 1. The smallest absolute Gasteiger partial charge is 0.254 e. The number of amides is 1. The van der Waals surface area contributed by atoms with E-state index in [9.17, 15) is 13.2 Å². The fraction of sp³-hybridized carbons (Fsp3) is 0.357. The third-order valence-corrected chi connectivity index (χ3v) is 8.36. The highest BCUT2D eigenvalue weighted by molar-refractivity contribution is 7.90. The van der Waals surface area contributed by atoms with E-state index < -0.39 is 9.84 Å². The standard InChI is InChI=1S/C28H32ClN3O3S/c1-3-15-31(27(33)23-11-8-12-24(29)17-23)19-26-18-30-28(32(26)25-13-5-4-6-14-25)36(34,35)20-22-10-7-9-21(2)16-22/h3,7-12,16-18,25H,1,4-6,13-15,19-20H2,2H3. The first-order chi connectivity index (χ1) is 17.3. The molecule has 2 aromatic carbocycles. The Kier molecular flexibility index (Phi) is 8.32. The highest BCUT2D eigenvalue weighted by Crippen LogP contribution is 2.33. The van der Waals surface area contributed by atoms with E-state index in [2.05, 4.69) is 11.6 Å². The van der Waals surface area contributed by atoms with Crippen molar-refractivity contribution < 1.29 is 13.2 Å². The number of carbonyl (C=O) groups is 1. The van der Waals surface area contributed by atoms with Gasteiger partial charge in [-0.25, -0.2) is 13.4 Å². The van der Waals surface area contributed by atoms with Gasteiger partial charge in [-0.3, -0.25) is 4.79 Å². The van der Waals surface area contributed by atoms with Gasteiger partial charge in [-0.15, -0.1) is 6.58 Å². The predicted molar refractivity (Wildman–Crippen MR) is 143 cm³/mol. The van der Waals surface area contributed by atoms with Crippen LogP contribution in [0.1, 0.15) is 65.3 Å². The molecule has 1 saturated carbocycles. The molecule has 0 aliphatic heterocycles. The molecule has 6 nitrogen and oxygen atoms in total. The van der Waals surface area contributed by atoms with E-state index in [1.807, 2.05) is 35.8 Å². The Bertz CT molecular complexity index is 1340. The molecular weight excluding hydrogens is 494 g/mol. The van der Waals surface area contributed by atoms with Gasteiger partial charge in [0.25, 0.3) is 5.91 Å². The molecule has 36 heavy (non-hydrogen) atoms. The summed E-state index contributed by atoms with van der Waals surface area (Å²) in [5.41, 5.74) is 2.93. The maximum Gasteiger partial charge on any atom is 0.254 e.